The Morgan fingerprint density at radius 3 is 2.20 bits per heavy atom. The first-order chi connectivity index (χ1) is 7.05. The molecule has 90 valence electrons. The Morgan fingerprint density at radius 2 is 1.93 bits per heavy atom. The zero-order valence-electron chi connectivity index (χ0n) is 9.53. The molecule has 0 aromatic heterocycles. The van der Waals surface area contributed by atoms with Crippen molar-refractivity contribution in [1.29, 1.82) is 0 Å². The Balaban J connectivity index is 4.93. The molecule has 0 saturated carbocycles. The molecule has 3 nitrogen and oxygen atoms in total. The Kier molecular flexibility index (Phi) is 8.02. The molecule has 0 saturated heterocycles. The van der Waals surface area contributed by atoms with Crippen LogP contribution in [0, 0.1) is 0 Å². The normalized spacial score (nSPS) is 15.4. The molecule has 0 aromatic carbocycles. The minimum atomic E-state index is -3.14. The maximum absolute atomic E-state index is 12.4. The smallest absolute Gasteiger partial charge is 0.308 e. The minimum Gasteiger partial charge on any atom is -0.308 e. The van der Waals surface area contributed by atoms with Gasteiger partial charge in [-0.05, 0) is 27.0 Å². The first kappa shape index (κ1) is 15.5. The number of allylic oxidation sites excluding steroid dienone is 1. The van der Waals surface area contributed by atoms with Crippen molar-refractivity contribution in [3.8, 4) is 0 Å². The lowest BCUT2D eigenvalue weighted by atomic mass is 10.6. The Bertz CT molecular complexity index is 248. The fourth-order valence-corrected chi connectivity index (χ4v) is 4.97. The van der Waals surface area contributed by atoms with Gasteiger partial charge in [0.1, 0.15) is 4.99 Å². The second kappa shape index (κ2) is 7.75. The highest BCUT2D eigenvalue weighted by Crippen LogP contribution is 2.59. The molecule has 0 aliphatic carbocycles. The van der Waals surface area contributed by atoms with Crippen LogP contribution in [-0.2, 0) is 13.6 Å². The van der Waals surface area contributed by atoms with Crippen LogP contribution in [0.15, 0.2) is 11.1 Å². The fraction of sp³-hybridized carbons (Fsp3) is 0.778. The van der Waals surface area contributed by atoms with Gasteiger partial charge in [-0.25, -0.2) is 0 Å². The molecule has 1 atom stereocenters. The van der Waals surface area contributed by atoms with Gasteiger partial charge in [-0.15, -0.1) is 11.8 Å². The van der Waals surface area contributed by atoms with E-state index in [2.05, 4.69) is 0 Å². The first-order valence-corrected chi connectivity index (χ1v) is 8.06. The van der Waals surface area contributed by atoms with E-state index in [-0.39, 0.29) is 0 Å². The van der Waals surface area contributed by atoms with E-state index in [9.17, 15) is 4.57 Å². The van der Waals surface area contributed by atoms with Crippen molar-refractivity contribution in [1.82, 2.24) is 0 Å². The number of rotatable bonds is 7. The summed E-state index contributed by atoms with van der Waals surface area (Å²) in [6.45, 7) is 6.07. The van der Waals surface area contributed by atoms with E-state index in [0.717, 1.165) is 0 Å². The van der Waals surface area contributed by atoms with E-state index < -0.39 is 12.6 Å². The molecule has 0 rings (SSSR count). The van der Waals surface area contributed by atoms with Crippen LogP contribution in [0.5, 0.6) is 0 Å². The van der Waals surface area contributed by atoms with E-state index in [1.165, 1.54) is 11.8 Å². The van der Waals surface area contributed by atoms with Crippen LogP contribution in [0.2, 0.25) is 0 Å². The van der Waals surface area contributed by atoms with E-state index in [0.29, 0.717) is 18.2 Å². The van der Waals surface area contributed by atoms with Crippen molar-refractivity contribution < 1.29 is 13.6 Å². The number of hydrogen-bond acceptors (Lipinski definition) is 4. The molecule has 0 fully saturated rings. The Hall–Kier alpha value is 0.530. The van der Waals surface area contributed by atoms with Gasteiger partial charge in [-0.1, -0.05) is 17.7 Å². The highest BCUT2D eigenvalue weighted by Gasteiger charge is 2.36. The van der Waals surface area contributed by atoms with Crippen LogP contribution >= 0.6 is 31.0 Å². The molecule has 0 spiro atoms. The SMILES string of the molecule is C/C=C(\Cl)C(SC)P(=O)(OCC)OCC. The standard InChI is InChI=1S/C9H18ClO3PS/c1-5-8(10)9(15-4)14(11,12-6-2)13-7-3/h5,9H,6-7H2,1-4H3/b8-5-. The minimum absolute atomic E-state index is 0.349. The van der Waals surface area contributed by atoms with Gasteiger partial charge < -0.3 is 9.05 Å². The van der Waals surface area contributed by atoms with Gasteiger partial charge in [-0.2, -0.15) is 0 Å². The van der Waals surface area contributed by atoms with Crippen LogP contribution < -0.4 is 0 Å². The van der Waals surface area contributed by atoms with E-state index in [1.807, 2.05) is 6.26 Å². The van der Waals surface area contributed by atoms with Crippen LogP contribution in [0.25, 0.3) is 0 Å². The van der Waals surface area contributed by atoms with Gasteiger partial charge >= 0.3 is 7.60 Å². The van der Waals surface area contributed by atoms with Crippen molar-refractivity contribution >= 4 is 31.0 Å². The summed E-state index contributed by atoms with van der Waals surface area (Å²) < 4.78 is 22.8. The molecular formula is C9H18ClO3PS. The summed E-state index contributed by atoms with van der Waals surface area (Å²) >= 11 is 7.37. The highest BCUT2D eigenvalue weighted by atomic mass is 35.5. The van der Waals surface area contributed by atoms with Crippen molar-refractivity contribution in [2.75, 3.05) is 19.5 Å². The predicted octanol–water partition coefficient (Wildman–Crippen LogP) is 4.08. The lowest BCUT2D eigenvalue weighted by molar-refractivity contribution is 0.220. The van der Waals surface area contributed by atoms with Crippen molar-refractivity contribution in [3.63, 3.8) is 0 Å². The Morgan fingerprint density at radius 1 is 1.47 bits per heavy atom. The average molecular weight is 273 g/mol. The number of thioether (sulfide) groups is 1. The topological polar surface area (TPSA) is 35.5 Å². The van der Waals surface area contributed by atoms with Crippen LogP contribution in [-0.4, -0.2) is 24.5 Å². The second-order valence-electron chi connectivity index (χ2n) is 2.64. The quantitative estimate of drug-likeness (QED) is 0.654. The van der Waals surface area contributed by atoms with E-state index in [4.69, 9.17) is 20.6 Å². The largest absolute Gasteiger partial charge is 0.348 e. The maximum Gasteiger partial charge on any atom is 0.348 e. The zero-order chi connectivity index (χ0) is 11.9. The predicted molar refractivity (Wildman–Crippen MR) is 67.8 cm³/mol. The molecule has 0 radical (unpaired) electrons. The maximum atomic E-state index is 12.4. The van der Waals surface area contributed by atoms with Crippen molar-refractivity contribution in [2.24, 2.45) is 0 Å². The zero-order valence-corrected chi connectivity index (χ0v) is 12.0. The monoisotopic (exact) mass is 272 g/mol. The number of hydrogen-bond donors (Lipinski definition) is 0. The van der Waals surface area contributed by atoms with Crippen LogP contribution in [0.1, 0.15) is 20.8 Å². The molecule has 6 heteroatoms. The number of halogens is 1. The van der Waals surface area contributed by atoms with Crippen LogP contribution in [0.4, 0.5) is 0 Å². The molecule has 0 aromatic rings. The summed E-state index contributed by atoms with van der Waals surface area (Å²) in [6.07, 6.45) is 3.55. The molecular weight excluding hydrogens is 255 g/mol. The van der Waals surface area contributed by atoms with Gasteiger partial charge in [0.2, 0.25) is 0 Å². The molecule has 0 aliphatic heterocycles. The summed E-state index contributed by atoms with van der Waals surface area (Å²) in [4.78, 5) is -0.427. The lowest BCUT2D eigenvalue weighted by Crippen LogP contribution is -2.10. The van der Waals surface area contributed by atoms with Gasteiger partial charge in [0.05, 0.1) is 13.2 Å². The van der Waals surface area contributed by atoms with Crippen molar-refractivity contribution in [3.05, 3.63) is 11.1 Å². The van der Waals surface area contributed by atoms with Crippen molar-refractivity contribution in [2.45, 2.75) is 25.8 Å². The summed E-state index contributed by atoms with van der Waals surface area (Å²) in [5.74, 6) is 0. The lowest BCUT2D eigenvalue weighted by Gasteiger charge is -2.24. The molecule has 0 aliphatic rings. The second-order valence-corrected chi connectivity index (χ2v) is 6.48. The third-order valence-corrected chi connectivity index (χ3v) is 6.55. The van der Waals surface area contributed by atoms with E-state index >= 15 is 0 Å². The van der Waals surface area contributed by atoms with Crippen LogP contribution in [0.3, 0.4) is 0 Å². The molecule has 0 heterocycles. The first-order valence-electron chi connectivity index (χ1n) is 4.79. The Labute approximate surface area is 101 Å². The fourth-order valence-electron chi connectivity index (χ4n) is 1.07. The summed E-state index contributed by atoms with van der Waals surface area (Å²) in [5, 5.41) is 0.507. The third kappa shape index (κ3) is 4.49. The molecule has 0 amide bonds. The van der Waals surface area contributed by atoms with Gasteiger partial charge in [-0.3, -0.25) is 4.57 Å². The van der Waals surface area contributed by atoms with Gasteiger partial charge in [0.15, 0.2) is 0 Å². The average Bonchev–Trinajstić information content (AvgIpc) is 2.19. The van der Waals surface area contributed by atoms with Gasteiger partial charge in [0, 0.05) is 5.03 Å². The molecule has 0 bridgehead atoms. The summed E-state index contributed by atoms with van der Waals surface area (Å²) in [6, 6.07) is 0. The third-order valence-electron chi connectivity index (χ3n) is 1.64. The summed E-state index contributed by atoms with van der Waals surface area (Å²) in [5.41, 5.74) is 0. The molecule has 0 N–H and O–H groups in total. The van der Waals surface area contributed by atoms with Gasteiger partial charge in [0.25, 0.3) is 0 Å². The molecule has 15 heavy (non-hydrogen) atoms. The highest BCUT2D eigenvalue weighted by molar-refractivity contribution is 8.05. The molecule has 1 unspecified atom stereocenters. The van der Waals surface area contributed by atoms with E-state index in [1.54, 1.807) is 26.8 Å². The summed E-state index contributed by atoms with van der Waals surface area (Å²) in [7, 11) is -3.14.